The van der Waals surface area contributed by atoms with Gasteiger partial charge in [0.25, 0.3) is 0 Å². The molecule has 0 heterocycles. The molecule has 0 aromatic heterocycles. The summed E-state index contributed by atoms with van der Waals surface area (Å²) < 4.78 is 24.3. The summed E-state index contributed by atoms with van der Waals surface area (Å²) in [7, 11) is 5.26. The summed E-state index contributed by atoms with van der Waals surface area (Å²) in [5, 5.41) is 0. The number of hydrogen-bond donors (Lipinski definition) is 0. The zero-order chi connectivity index (χ0) is 23.3. The van der Waals surface area contributed by atoms with Crippen LogP contribution in [0.5, 0.6) is 0 Å². The molecule has 0 amide bonds. The Hall–Kier alpha value is 1.32. The first kappa shape index (κ1) is 32.3. The molecular weight excluding hydrogens is 481 g/mol. The third-order valence-corrected chi connectivity index (χ3v) is 13.5. The second-order valence-electron chi connectivity index (χ2n) is 7.68. The number of ether oxygens (including phenoxy) is 4. The molecule has 0 N–H and O–H groups in total. The Morgan fingerprint density at radius 1 is 0.548 bits per heavy atom. The van der Waals surface area contributed by atoms with Gasteiger partial charge in [-0.3, -0.25) is 0 Å². The van der Waals surface area contributed by atoms with Crippen LogP contribution in [0.25, 0.3) is 0 Å². The molecule has 0 saturated heterocycles. The van der Waals surface area contributed by atoms with E-state index in [1.54, 1.807) is 0 Å². The molecule has 0 aliphatic heterocycles. The summed E-state index contributed by atoms with van der Waals surface area (Å²) in [6.07, 6.45) is 7.01. The highest BCUT2D eigenvalue weighted by Gasteiger charge is 2.30. The van der Waals surface area contributed by atoms with Gasteiger partial charge >= 0.3 is 0 Å². The maximum atomic E-state index is 6.07. The molecule has 0 rings (SSSR count). The predicted octanol–water partition coefficient (Wildman–Crippen LogP) is 6.02. The van der Waals surface area contributed by atoms with Gasteiger partial charge in [0.1, 0.15) is 10.8 Å². The van der Waals surface area contributed by atoms with E-state index in [-0.39, 0.29) is 29.9 Å². The van der Waals surface area contributed by atoms with Crippen molar-refractivity contribution in [2.45, 2.75) is 103 Å². The van der Waals surface area contributed by atoms with Gasteiger partial charge < -0.3 is 18.9 Å². The van der Waals surface area contributed by atoms with Gasteiger partial charge in [-0.1, -0.05) is 47.5 Å². The van der Waals surface area contributed by atoms with Crippen molar-refractivity contribution in [2.24, 2.45) is 0 Å². The fraction of sp³-hybridized carbons (Fsp3) is 1.00. The number of rotatable bonds is 24. The van der Waals surface area contributed by atoms with Crippen LogP contribution in [0.1, 0.15) is 80.1 Å². The van der Waals surface area contributed by atoms with E-state index in [0.717, 1.165) is 39.3 Å². The molecule has 0 aromatic rings. The zero-order valence-electron chi connectivity index (χ0n) is 21.2. The Balaban J connectivity index is 3.91. The van der Waals surface area contributed by atoms with E-state index in [9.17, 15) is 0 Å². The van der Waals surface area contributed by atoms with Crippen molar-refractivity contribution < 1.29 is 18.9 Å². The lowest BCUT2D eigenvalue weighted by Gasteiger charge is -2.33. The third-order valence-electron chi connectivity index (χ3n) is 5.06. The van der Waals surface area contributed by atoms with Gasteiger partial charge in [-0.25, -0.2) is 0 Å². The highest BCUT2D eigenvalue weighted by molar-refractivity contribution is 9.09. The molecule has 9 heteroatoms. The molecule has 0 saturated carbocycles. The Morgan fingerprint density at radius 2 is 0.903 bits per heavy atom. The largest absolute Gasteiger partial charge is 0.355 e. The van der Waals surface area contributed by atoms with Crippen LogP contribution in [0, 0.1) is 0 Å². The van der Waals surface area contributed by atoms with Gasteiger partial charge in [0.15, 0.2) is 0 Å². The van der Waals surface area contributed by atoms with Crippen molar-refractivity contribution in [3.63, 3.8) is 0 Å². The van der Waals surface area contributed by atoms with Crippen LogP contribution >= 0.6 is 31.4 Å². The van der Waals surface area contributed by atoms with Crippen LogP contribution in [-0.2, 0) is 18.9 Å². The molecule has 0 spiro atoms. The minimum Gasteiger partial charge on any atom is -0.355 e. The molecule has 188 valence electrons. The first-order chi connectivity index (χ1) is 15.1. The Labute approximate surface area is 209 Å². The highest BCUT2D eigenvalue weighted by atomic mass is 33.5. The molecule has 0 radical (unpaired) electrons. The summed E-state index contributed by atoms with van der Waals surface area (Å²) in [4.78, 5) is 0. The van der Waals surface area contributed by atoms with Crippen LogP contribution in [0.15, 0.2) is 0 Å². The van der Waals surface area contributed by atoms with Crippen LogP contribution in [-0.4, -0.2) is 67.8 Å². The average Bonchev–Trinajstić information content (AvgIpc) is 2.73. The monoisotopic (exact) mass is 530 g/mol. The van der Waals surface area contributed by atoms with Gasteiger partial charge in [0, 0.05) is 37.9 Å². The standard InChI is InChI=1S/C22H50O4S3Si2/c1-7-23-21(24-8-2,30-11-5)17-13-15-19-27-29-28-20-16-14-18-22(25-9-3,26-10-4)31-12-6/h7-20,30-31H2,1-6H3. The van der Waals surface area contributed by atoms with Gasteiger partial charge in [-0.15, -0.1) is 0 Å². The SMILES string of the molecule is CCOC(CCCCSSSCCCCC(OCC)(OCC)[SiH2]CC)(OCC)[SiH2]CC. The van der Waals surface area contributed by atoms with E-state index < -0.39 is 0 Å². The average molecular weight is 531 g/mol. The minimum atomic E-state index is -0.346. The molecule has 0 unspecified atom stereocenters. The van der Waals surface area contributed by atoms with E-state index >= 15 is 0 Å². The predicted molar refractivity (Wildman–Crippen MR) is 150 cm³/mol. The van der Waals surface area contributed by atoms with Crippen molar-refractivity contribution in [2.75, 3.05) is 37.9 Å². The second kappa shape index (κ2) is 21.8. The number of hydrogen-bond acceptors (Lipinski definition) is 7. The zero-order valence-corrected chi connectivity index (χ0v) is 26.4. The van der Waals surface area contributed by atoms with Crippen LogP contribution < -0.4 is 0 Å². The van der Waals surface area contributed by atoms with Crippen molar-refractivity contribution in [1.29, 1.82) is 0 Å². The van der Waals surface area contributed by atoms with Crippen molar-refractivity contribution in [3.8, 4) is 0 Å². The Morgan fingerprint density at radius 3 is 1.19 bits per heavy atom. The van der Waals surface area contributed by atoms with Crippen molar-refractivity contribution in [3.05, 3.63) is 0 Å². The highest BCUT2D eigenvalue weighted by Crippen LogP contribution is 2.36. The minimum absolute atomic E-state index is 0.219. The molecule has 0 atom stereocenters. The molecule has 31 heavy (non-hydrogen) atoms. The molecular formula is C22H50O4S3Si2. The van der Waals surface area contributed by atoms with E-state index in [1.165, 1.54) is 49.3 Å². The molecule has 0 aliphatic carbocycles. The van der Waals surface area contributed by atoms with E-state index in [0.29, 0.717) is 0 Å². The maximum Gasteiger partial charge on any atom is 0.144 e. The lowest BCUT2D eigenvalue weighted by Crippen LogP contribution is -2.42. The Kier molecular flexibility index (Phi) is 22.8. The van der Waals surface area contributed by atoms with E-state index in [2.05, 4.69) is 41.5 Å². The molecule has 0 aliphatic rings. The molecule has 0 fully saturated rings. The van der Waals surface area contributed by atoms with Gasteiger partial charge in [0.2, 0.25) is 0 Å². The summed E-state index contributed by atoms with van der Waals surface area (Å²) in [5.41, 5.74) is -0.437. The summed E-state index contributed by atoms with van der Waals surface area (Å²) in [6, 6.07) is 2.47. The molecule has 0 aromatic carbocycles. The quantitative estimate of drug-likeness (QED) is 0.0653. The lowest BCUT2D eigenvalue weighted by atomic mass is 10.2. The first-order valence-electron chi connectivity index (χ1n) is 12.5. The maximum absolute atomic E-state index is 6.07. The fourth-order valence-corrected chi connectivity index (χ4v) is 11.9. The van der Waals surface area contributed by atoms with Crippen LogP contribution in [0.3, 0.4) is 0 Å². The van der Waals surface area contributed by atoms with Crippen molar-refractivity contribution >= 4 is 50.5 Å². The van der Waals surface area contributed by atoms with Crippen LogP contribution in [0.2, 0.25) is 12.1 Å². The van der Waals surface area contributed by atoms with Crippen LogP contribution in [0.4, 0.5) is 0 Å². The van der Waals surface area contributed by atoms with Gasteiger partial charge in [0.05, 0.1) is 19.0 Å². The Bertz CT molecular complexity index is 328. The van der Waals surface area contributed by atoms with E-state index in [4.69, 9.17) is 18.9 Å². The third kappa shape index (κ3) is 15.8. The van der Waals surface area contributed by atoms with Crippen molar-refractivity contribution in [1.82, 2.24) is 0 Å². The van der Waals surface area contributed by atoms with Gasteiger partial charge in [-0.05, 0) is 76.0 Å². The summed E-state index contributed by atoms with van der Waals surface area (Å²) in [5.74, 6) is 2.42. The smallest absolute Gasteiger partial charge is 0.144 e. The second-order valence-corrected chi connectivity index (χ2v) is 17.3. The summed E-state index contributed by atoms with van der Waals surface area (Å²) in [6.45, 7) is 15.9. The summed E-state index contributed by atoms with van der Waals surface area (Å²) >= 11 is 0. The first-order valence-corrected chi connectivity index (χ1v) is 19.8. The molecule has 0 bridgehead atoms. The number of unbranched alkanes of at least 4 members (excludes halogenated alkanes) is 2. The lowest BCUT2D eigenvalue weighted by molar-refractivity contribution is -0.180. The van der Waals surface area contributed by atoms with E-state index in [1.807, 2.05) is 31.4 Å². The molecule has 4 nitrogen and oxygen atoms in total. The topological polar surface area (TPSA) is 36.9 Å². The fourth-order valence-electron chi connectivity index (χ4n) is 3.94. The van der Waals surface area contributed by atoms with Gasteiger partial charge in [-0.2, -0.15) is 0 Å². The normalized spacial score (nSPS) is 13.4.